The van der Waals surface area contributed by atoms with Crippen molar-refractivity contribution in [2.24, 2.45) is 0 Å². The van der Waals surface area contributed by atoms with E-state index in [-0.39, 0.29) is 11.7 Å². The molecule has 1 saturated heterocycles. The van der Waals surface area contributed by atoms with Crippen LogP contribution in [-0.2, 0) is 17.8 Å². The van der Waals surface area contributed by atoms with Crippen LogP contribution in [0.25, 0.3) is 10.8 Å². The second kappa shape index (κ2) is 10.8. The second-order valence-electron chi connectivity index (χ2n) is 9.87. The molecule has 1 aromatic heterocycles. The van der Waals surface area contributed by atoms with Gasteiger partial charge < -0.3 is 29.4 Å². The summed E-state index contributed by atoms with van der Waals surface area (Å²) in [6.07, 6.45) is 2.03. The van der Waals surface area contributed by atoms with E-state index in [1.165, 1.54) is 12.1 Å². The average Bonchev–Trinajstić information content (AvgIpc) is 2.93. The number of likely N-dealkylation sites (N-methyl/N-ethyl adjacent to an activating group) is 1. The van der Waals surface area contributed by atoms with Gasteiger partial charge in [-0.15, -0.1) is 0 Å². The van der Waals surface area contributed by atoms with Gasteiger partial charge in [-0.2, -0.15) is 9.97 Å². The first-order valence-electron chi connectivity index (χ1n) is 12.8. The summed E-state index contributed by atoms with van der Waals surface area (Å²) in [5.41, 5.74) is 2.66. The number of carbonyl (C=O) groups excluding carboxylic acids is 1. The fourth-order valence-electron chi connectivity index (χ4n) is 5.08. The zero-order valence-corrected chi connectivity index (χ0v) is 21.9. The maximum atomic E-state index is 14.6. The molecule has 3 heterocycles. The summed E-state index contributed by atoms with van der Waals surface area (Å²) >= 11 is 0. The highest BCUT2D eigenvalue weighted by atomic mass is 19.1. The highest BCUT2D eigenvalue weighted by molar-refractivity contribution is 5.96. The Kier molecular flexibility index (Phi) is 7.33. The quantitative estimate of drug-likeness (QED) is 0.476. The number of aromatic nitrogens is 2. The molecule has 2 aromatic carbocycles. The number of amides is 1. The summed E-state index contributed by atoms with van der Waals surface area (Å²) in [5, 5.41) is 11.4. The Bertz CT molecular complexity index is 1360. The third kappa shape index (κ3) is 5.08. The molecule has 1 N–H and O–H groups in total. The predicted molar refractivity (Wildman–Crippen MR) is 145 cm³/mol. The number of hydrogen-bond acceptors (Lipinski definition) is 8. The van der Waals surface area contributed by atoms with Crippen molar-refractivity contribution in [3.05, 3.63) is 60.1 Å². The van der Waals surface area contributed by atoms with Crippen LogP contribution >= 0.6 is 0 Å². The van der Waals surface area contributed by atoms with Crippen LogP contribution in [0.15, 0.2) is 43.0 Å². The highest BCUT2D eigenvalue weighted by Crippen LogP contribution is 2.38. The number of hydrogen-bond donors (Lipinski definition) is 1. The van der Waals surface area contributed by atoms with Gasteiger partial charge in [0.05, 0.1) is 12.2 Å². The molecule has 0 spiro atoms. The minimum absolute atomic E-state index is 0.0625. The molecule has 9 nitrogen and oxygen atoms in total. The van der Waals surface area contributed by atoms with Crippen LogP contribution in [0.5, 0.6) is 11.8 Å². The van der Waals surface area contributed by atoms with Gasteiger partial charge in [0.15, 0.2) is 11.6 Å². The predicted octanol–water partition coefficient (Wildman–Crippen LogP) is 2.81. The SMILES string of the molecule is C=CC(=O)N1CCN(c2nc(OCCN(C)C)nc3c2CCN(c2cc(O)c(F)c4ccccc24)C3)CC1. The van der Waals surface area contributed by atoms with Gasteiger partial charge in [-0.25, -0.2) is 4.39 Å². The Labute approximate surface area is 221 Å². The van der Waals surface area contributed by atoms with Crippen LogP contribution in [0.1, 0.15) is 11.3 Å². The normalized spacial score (nSPS) is 15.6. The zero-order chi connectivity index (χ0) is 26.8. The number of carbonyl (C=O) groups is 1. The Morgan fingerprint density at radius 1 is 1.13 bits per heavy atom. The lowest BCUT2D eigenvalue weighted by molar-refractivity contribution is -0.126. The van der Waals surface area contributed by atoms with E-state index in [1.54, 1.807) is 17.0 Å². The molecule has 0 aliphatic carbocycles. The molecule has 2 aliphatic rings. The third-order valence-corrected chi connectivity index (χ3v) is 7.14. The van der Waals surface area contributed by atoms with E-state index in [9.17, 15) is 14.3 Å². The minimum atomic E-state index is -0.614. The summed E-state index contributed by atoms with van der Waals surface area (Å²) in [5.74, 6) is -0.205. The highest BCUT2D eigenvalue weighted by Gasteiger charge is 2.29. The molecule has 200 valence electrons. The van der Waals surface area contributed by atoms with Gasteiger partial charge in [0.25, 0.3) is 0 Å². The first-order valence-corrected chi connectivity index (χ1v) is 12.8. The maximum absolute atomic E-state index is 14.6. The first-order chi connectivity index (χ1) is 18.4. The van der Waals surface area contributed by atoms with Gasteiger partial charge in [-0.05, 0) is 26.6 Å². The van der Waals surface area contributed by atoms with Crippen LogP contribution < -0.4 is 14.5 Å². The lowest BCUT2D eigenvalue weighted by Crippen LogP contribution is -2.49. The number of phenols is 1. The van der Waals surface area contributed by atoms with Crippen molar-refractivity contribution in [1.29, 1.82) is 0 Å². The number of anilines is 2. The Balaban J connectivity index is 1.47. The van der Waals surface area contributed by atoms with Crippen LogP contribution in [-0.4, -0.2) is 90.8 Å². The van der Waals surface area contributed by atoms with E-state index in [4.69, 9.17) is 14.7 Å². The molecule has 1 amide bonds. The summed E-state index contributed by atoms with van der Waals surface area (Å²) in [6.45, 7) is 8.40. The molecule has 0 atom stereocenters. The lowest BCUT2D eigenvalue weighted by Gasteiger charge is -2.38. The second-order valence-corrected chi connectivity index (χ2v) is 9.87. The minimum Gasteiger partial charge on any atom is -0.505 e. The molecule has 1 fully saturated rings. The Hall–Kier alpha value is -3.92. The summed E-state index contributed by atoms with van der Waals surface area (Å²) in [6, 6.07) is 8.99. The molecule has 5 rings (SSSR count). The van der Waals surface area contributed by atoms with E-state index in [2.05, 4.69) is 16.4 Å². The van der Waals surface area contributed by atoms with Gasteiger partial charge in [0.2, 0.25) is 5.91 Å². The van der Waals surface area contributed by atoms with Gasteiger partial charge in [-0.3, -0.25) is 4.79 Å². The zero-order valence-electron chi connectivity index (χ0n) is 21.9. The molecular weight excluding hydrogens is 487 g/mol. The van der Waals surface area contributed by atoms with E-state index in [1.807, 2.05) is 31.1 Å². The first kappa shape index (κ1) is 25.7. The van der Waals surface area contributed by atoms with Crippen molar-refractivity contribution < 1.29 is 19.0 Å². The van der Waals surface area contributed by atoms with Crippen LogP contribution in [0.4, 0.5) is 15.9 Å². The van der Waals surface area contributed by atoms with Gasteiger partial charge in [0.1, 0.15) is 12.4 Å². The number of halogens is 1. The van der Waals surface area contributed by atoms with Gasteiger partial charge in [0, 0.05) is 67.4 Å². The number of phenolic OH excluding ortho intramolecular Hbond substituents is 1. The standard InChI is InChI=1S/C28H33FN6O3/c1-4-25(37)33-11-13-34(14-12-33)27-21-9-10-35(18-22(21)30-28(31-27)38-16-15-32(2)3)23-17-24(36)26(29)20-8-6-5-7-19(20)23/h4-8,17,36H,1,9-16,18H2,2-3H3. The monoisotopic (exact) mass is 520 g/mol. The molecule has 2 aliphatic heterocycles. The molecular formula is C28H33FN6O3. The Morgan fingerprint density at radius 2 is 1.87 bits per heavy atom. The van der Waals surface area contributed by atoms with Crippen molar-refractivity contribution >= 4 is 28.2 Å². The molecule has 0 saturated carbocycles. The number of fused-ring (bicyclic) bond motifs is 2. The van der Waals surface area contributed by atoms with E-state index in [0.717, 1.165) is 34.7 Å². The number of piperazine rings is 1. The van der Waals surface area contributed by atoms with Crippen molar-refractivity contribution in [1.82, 2.24) is 19.8 Å². The van der Waals surface area contributed by atoms with E-state index >= 15 is 0 Å². The van der Waals surface area contributed by atoms with E-state index in [0.29, 0.717) is 63.7 Å². The number of aromatic hydroxyl groups is 1. The van der Waals surface area contributed by atoms with E-state index < -0.39 is 5.82 Å². The number of rotatable bonds is 7. The number of benzene rings is 2. The number of nitrogens with zero attached hydrogens (tertiary/aromatic N) is 6. The van der Waals surface area contributed by atoms with Crippen LogP contribution in [0.2, 0.25) is 0 Å². The van der Waals surface area contributed by atoms with Crippen LogP contribution in [0, 0.1) is 5.82 Å². The maximum Gasteiger partial charge on any atom is 0.318 e. The van der Waals surface area contributed by atoms with Crippen molar-refractivity contribution in [2.45, 2.75) is 13.0 Å². The fourth-order valence-corrected chi connectivity index (χ4v) is 5.08. The molecule has 38 heavy (non-hydrogen) atoms. The molecule has 0 unspecified atom stereocenters. The summed E-state index contributed by atoms with van der Waals surface area (Å²) in [7, 11) is 3.96. The molecule has 10 heteroatoms. The molecule has 0 bridgehead atoms. The largest absolute Gasteiger partial charge is 0.505 e. The third-order valence-electron chi connectivity index (χ3n) is 7.14. The molecule has 0 radical (unpaired) electrons. The van der Waals surface area contributed by atoms with Crippen molar-refractivity contribution in [3.8, 4) is 11.8 Å². The van der Waals surface area contributed by atoms with Crippen molar-refractivity contribution in [2.75, 3.05) is 69.8 Å². The molecule has 3 aromatic rings. The van der Waals surface area contributed by atoms with Gasteiger partial charge in [-0.1, -0.05) is 30.8 Å². The Morgan fingerprint density at radius 3 is 2.58 bits per heavy atom. The lowest BCUT2D eigenvalue weighted by atomic mass is 10.0. The number of ether oxygens (including phenoxy) is 1. The van der Waals surface area contributed by atoms with Gasteiger partial charge >= 0.3 is 6.01 Å². The average molecular weight is 521 g/mol. The fraction of sp³-hybridized carbons (Fsp3) is 0.393. The summed E-state index contributed by atoms with van der Waals surface area (Å²) in [4.78, 5) is 29.8. The summed E-state index contributed by atoms with van der Waals surface area (Å²) < 4.78 is 20.6. The van der Waals surface area contributed by atoms with Crippen LogP contribution in [0.3, 0.4) is 0 Å². The smallest absolute Gasteiger partial charge is 0.318 e. The van der Waals surface area contributed by atoms with Crippen molar-refractivity contribution in [3.63, 3.8) is 0 Å². The topological polar surface area (TPSA) is 85.3 Å².